The summed E-state index contributed by atoms with van der Waals surface area (Å²) in [5.41, 5.74) is 5.05. The lowest BCUT2D eigenvalue weighted by Gasteiger charge is -2.13. The zero-order chi connectivity index (χ0) is 21.0. The number of amides is 1. The van der Waals surface area contributed by atoms with Crippen LogP contribution in [0.15, 0.2) is 60.2 Å². The number of hydrogen-bond donors (Lipinski definition) is 2. The normalized spacial score (nSPS) is 13.9. The molecule has 0 saturated carbocycles. The highest BCUT2D eigenvalue weighted by Gasteiger charge is 2.12. The summed E-state index contributed by atoms with van der Waals surface area (Å²) in [6.07, 6.45) is 8.12. The Morgan fingerprint density at radius 3 is 2.77 bits per heavy atom. The third kappa shape index (κ3) is 4.09. The highest BCUT2D eigenvalue weighted by Crippen LogP contribution is 2.23. The van der Waals surface area contributed by atoms with Crippen molar-refractivity contribution in [1.29, 1.82) is 0 Å². The average Bonchev–Trinajstić information content (AvgIpc) is 3.31. The zero-order valence-electron chi connectivity index (χ0n) is 17.1. The van der Waals surface area contributed by atoms with Crippen molar-refractivity contribution in [3.8, 4) is 0 Å². The van der Waals surface area contributed by atoms with E-state index < -0.39 is 0 Å². The van der Waals surface area contributed by atoms with E-state index in [2.05, 4.69) is 37.2 Å². The van der Waals surface area contributed by atoms with E-state index in [0.29, 0.717) is 23.6 Å². The van der Waals surface area contributed by atoms with Gasteiger partial charge in [0.2, 0.25) is 5.65 Å². The van der Waals surface area contributed by atoms with Gasteiger partial charge in [-0.05, 0) is 78.9 Å². The minimum absolute atomic E-state index is 0.0594. The van der Waals surface area contributed by atoms with Crippen LogP contribution in [-0.2, 0) is 0 Å². The first-order valence-electron chi connectivity index (χ1n) is 10.6. The lowest BCUT2D eigenvalue weighted by molar-refractivity contribution is 0.0954. The number of anilines is 2. The van der Waals surface area contributed by atoms with Crippen LogP contribution in [0.2, 0.25) is 0 Å². The summed E-state index contributed by atoms with van der Waals surface area (Å²) in [7, 11) is 0. The molecule has 1 aliphatic carbocycles. The first-order valence-corrected chi connectivity index (χ1v) is 10.6. The molecule has 1 amide bonds. The van der Waals surface area contributed by atoms with E-state index in [9.17, 15) is 4.79 Å². The fourth-order valence-electron chi connectivity index (χ4n) is 3.90. The van der Waals surface area contributed by atoms with Crippen molar-refractivity contribution in [1.82, 2.24) is 30.3 Å². The van der Waals surface area contributed by atoms with Crippen molar-refractivity contribution in [3.63, 3.8) is 0 Å². The van der Waals surface area contributed by atoms with Gasteiger partial charge >= 0.3 is 0 Å². The SMILES string of the molecule is O=C(NCCC1=CCCCC1)c1ccc(Nc2nc3ccccc3n3nnnc23)cc1. The van der Waals surface area contributed by atoms with Gasteiger partial charge in [0.25, 0.3) is 5.91 Å². The third-order valence-electron chi connectivity index (χ3n) is 5.55. The number of benzene rings is 2. The van der Waals surface area contributed by atoms with E-state index in [1.54, 1.807) is 16.6 Å². The number of carbonyl (C=O) groups is 1. The van der Waals surface area contributed by atoms with Crippen LogP contribution < -0.4 is 10.6 Å². The summed E-state index contributed by atoms with van der Waals surface area (Å²) in [5, 5.41) is 18.2. The summed E-state index contributed by atoms with van der Waals surface area (Å²) in [4.78, 5) is 17.1. The Morgan fingerprint density at radius 2 is 1.94 bits per heavy atom. The fraction of sp³-hybridized carbons (Fsp3) is 0.261. The highest BCUT2D eigenvalue weighted by molar-refractivity contribution is 5.94. The fourth-order valence-corrected chi connectivity index (χ4v) is 3.90. The Bertz CT molecular complexity index is 1260. The summed E-state index contributed by atoms with van der Waals surface area (Å²) in [6, 6.07) is 15.0. The Kier molecular flexibility index (Phi) is 5.26. The van der Waals surface area contributed by atoms with Gasteiger partial charge in [0.1, 0.15) is 0 Å². The van der Waals surface area contributed by atoms with Crippen LogP contribution in [-0.4, -0.2) is 37.5 Å². The van der Waals surface area contributed by atoms with Gasteiger partial charge in [-0.25, -0.2) is 4.98 Å². The number of rotatable bonds is 6. The minimum atomic E-state index is -0.0594. The second-order valence-corrected chi connectivity index (χ2v) is 7.68. The Labute approximate surface area is 179 Å². The maximum Gasteiger partial charge on any atom is 0.251 e. The number of carbonyl (C=O) groups excluding carboxylic acids is 1. The predicted molar refractivity (Wildman–Crippen MR) is 119 cm³/mol. The molecule has 0 unspecified atom stereocenters. The first-order chi connectivity index (χ1) is 15.3. The smallest absolute Gasteiger partial charge is 0.251 e. The quantitative estimate of drug-likeness (QED) is 0.463. The van der Waals surface area contributed by atoms with Crippen LogP contribution in [0.3, 0.4) is 0 Å². The number of nitrogens with one attached hydrogen (secondary N) is 2. The summed E-state index contributed by atoms with van der Waals surface area (Å²) in [6.45, 7) is 0.670. The molecule has 0 fully saturated rings. The van der Waals surface area contributed by atoms with Crippen molar-refractivity contribution in [2.75, 3.05) is 11.9 Å². The Balaban J connectivity index is 1.27. The average molecular weight is 413 g/mol. The summed E-state index contributed by atoms with van der Waals surface area (Å²) < 4.78 is 1.66. The molecular weight excluding hydrogens is 390 g/mol. The van der Waals surface area contributed by atoms with Crippen molar-refractivity contribution < 1.29 is 4.79 Å². The van der Waals surface area contributed by atoms with Crippen molar-refractivity contribution >= 4 is 34.1 Å². The monoisotopic (exact) mass is 413 g/mol. The molecule has 2 N–H and O–H groups in total. The molecule has 8 heteroatoms. The number of nitrogens with zero attached hydrogens (tertiary/aromatic N) is 5. The van der Waals surface area contributed by atoms with Crippen molar-refractivity contribution in [2.24, 2.45) is 0 Å². The number of fused-ring (bicyclic) bond motifs is 3. The molecule has 0 saturated heterocycles. The van der Waals surface area contributed by atoms with E-state index in [1.165, 1.54) is 24.8 Å². The number of allylic oxidation sites excluding steroid dienone is 1. The van der Waals surface area contributed by atoms with Gasteiger partial charge in [-0.2, -0.15) is 4.52 Å². The van der Waals surface area contributed by atoms with Gasteiger partial charge in [-0.1, -0.05) is 23.8 Å². The van der Waals surface area contributed by atoms with Crippen molar-refractivity contribution in [2.45, 2.75) is 32.1 Å². The molecule has 1 aliphatic rings. The second-order valence-electron chi connectivity index (χ2n) is 7.68. The predicted octanol–water partition coefficient (Wildman–Crippen LogP) is 4.04. The standard InChI is InChI=1S/C23H23N7O/c31-23(24-15-14-16-6-2-1-3-7-16)17-10-12-18(13-11-17)25-21-22-27-28-29-30(22)20-9-5-4-8-19(20)26-21/h4-6,8-13H,1-3,7,14-15H2,(H,24,31)(H,25,26). The first kappa shape index (κ1) is 19.2. The second kappa shape index (κ2) is 8.51. The van der Waals surface area contributed by atoms with Crippen LogP contribution in [0.1, 0.15) is 42.5 Å². The molecule has 2 aromatic carbocycles. The molecule has 2 aromatic heterocycles. The zero-order valence-corrected chi connectivity index (χ0v) is 17.1. The Hall–Kier alpha value is -3.81. The van der Waals surface area contributed by atoms with E-state index >= 15 is 0 Å². The maximum absolute atomic E-state index is 12.4. The van der Waals surface area contributed by atoms with E-state index in [-0.39, 0.29) is 5.91 Å². The van der Waals surface area contributed by atoms with E-state index in [4.69, 9.17) is 0 Å². The highest BCUT2D eigenvalue weighted by atomic mass is 16.1. The van der Waals surface area contributed by atoms with Gasteiger partial charge in [-0.3, -0.25) is 4.79 Å². The summed E-state index contributed by atoms with van der Waals surface area (Å²) >= 11 is 0. The molecule has 2 heterocycles. The van der Waals surface area contributed by atoms with E-state index in [0.717, 1.165) is 29.6 Å². The van der Waals surface area contributed by atoms with E-state index in [1.807, 2.05) is 36.4 Å². The number of hydrogen-bond acceptors (Lipinski definition) is 6. The molecule has 156 valence electrons. The molecule has 31 heavy (non-hydrogen) atoms. The van der Waals surface area contributed by atoms with Crippen molar-refractivity contribution in [3.05, 3.63) is 65.7 Å². The molecule has 0 spiro atoms. The molecule has 0 bridgehead atoms. The van der Waals surface area contributed by atoms with Gasteiger partial charge in [0, 0.05) is 17.8 Å². The van der Waals surface area contributed by atoms with Crippen LogP contribution in [0, 0.1) is 0 Å². The van der Waals surface area contributed by atoms with Crippen LogP contribution in [0.25, 0.3) is 16.7 Å². The van der Waals surface area contributed by atoms with Gasteiger partial charge < -0.3 is 10.6 Å². The van der Waals surface area contributed by atoms with Crippen LogP contribution in [0.4, 0.5) is 11.5 Å². The number of tetrazole rings is 1. The topological polar surface area (TPSA) is 97.1 Å². The Morgan fingerprint density at radius 1 is 1.06 bits per heavy atom. The van der Waals surface area contributed by atoms with Crippen LogP contribution in [0.5, 0.6) is 0 Å². The van der Waals surface area contributed by atoms with Gasteiger partial charge in [0.15, 0.2) is 5.82 Å². The molecule has 8 nitrogen and oxygen atoms in total. The van der Waals surface area contributed by atoms with Gasteiger partial charge in [-0.15, -0.1) is 5.10 Å². The third-order valence-corrected chi connectivity index (χ3v) is 5.55. The molecule has 0 aliphatic heterocycles. The molecule has 4 aromatic rings. The van der Waals surface area contributed by atoms with Gasteiger partial charge in [0.05, 0.1) is 11.0 Å². The number of para-hydroxylation sites is 2. The molecule has 0 atom stereocenters. The molecule has 5 rings (SSSR count). The minimum Gasteiger partial charge on any atom is -0.352 e. The van der Waals surface area contributed by atoms with Crippen LogP contribution >= 0.6 is 0 Å². The largest absolute Gasteiger partial charge is 0.352 e. The number of aromatic nitrogens is 5. The molecule has 0 radical (unpaired) electrons. The summed E-state index contributed by atoms with van der Waals surface area (Å²) in [5.74, 6) is 0.498. The lowest BCUT2D eigenvalue weighted by Crippen LogP contribution is -2.24. The maximum atomic E-state index is 12.4. The lowest BCUT2D eigenvalue weighted by atomic mass is 9.97. The molecular formula is C23H23N7O.